The second-order valence-electron chi connectivity index (χ2n) is 4.28. The molecule has 1 rings (SSSR count). The highest BCUT2D eigenvalue weighted by Crippen LogP contribution is 2.15. The Kier molecular flexibility index (Phi) is 5.89. The molecule has 0 heterocycles. The average molecular weight is 245 g/mol. The Morgan fingerprint density at radius 1 is 1.44 bits per heavy atom. The maximum absolute atomic E-state index is 11.7. The number of nitrogens with zero attached hydrogens (tertiary/aromatic N) is 2. The fraction of sp³-hybridized carbons (Fsp3) is 0.429. The summed E-state index contributed by atoms with van der Waals surface area (Å²) in [6.07, 6.45) is 1.41. The number of hydrogen-bond acceptors (Lipinski definition) is 3. The summed E-state index contributed by atoms with van der Waals surface area (Å²) in [6, 6.07) is 11.7. The monoisotopic (exact) mass is 245 g/mol. The van der Waals surface area contributed by atoms with E-state index in [1.165, 1.54) is 0 Å². The van der Waals surface area contributed by atoms with Gasteiger partial charge in [0.15, 0.2) is 0 Å². The molecule has 1 unspecified atom stereocenters. The summed E-state index contributed by atoms with van der Waals surface area (Å²) in [4.78, 5) is 13.3. The zero-order valence-electron chi connectivity index (χ0n) is 10.7. The quantitative estimate of drug-likeness (QED) is 0.831. The van der Waals surface area contributed by atoms with Crippen LogP contribution in [0.3, 0.4) is 0 Å². The fourth-order valence-electron chi connectivity index (χ4n) is 1.68. The van der Waals surface area contributed by atoms with Crippen LogP contribution in [0.4, 0.5) is 0 Å². The van der Waals surface area contributed by atoms with Gasteiger partial charge >= 0.3 is 0 Å². The lowest BCUT2D eigenvalue weighted by Gasteiger charge is -2.17. The molecule has 0 fully saturated rings. The summed E-state index contributed by atoms with van der Waals surface area (Å²) in [5, 5.41) is 8.46. The third-order valence-electron chi connectivity index (χ3n) is 2.88. The molecule has 18 heavy (non-hydrogen) atoms. The van der Waals surface area contributed by atoms with Crippen molar-refractivity contribution in [1.82, 2.24) is 4.90 Å². The van der Waals surface area contributed by atoms with Crippen molar-refractivity contribution in [1.29, 1.82) is 5.26 Å². The van der Waals surface area contributed by atoms with Crippen LogP contribution in [0.2, 0.25) is 0 Å². The summed E-state index contributed by atoms with van der Waals surface area (Å²) >= 11 is 0. The molecule has 0 aliphatic rings. The van der Waals surface area contributed by atoms with Crippen LogP contribution < -0.4 is 5.73 Å². The molecule has 0 bridgehead atoms. The van der Waals surface area contributed by atoms with Crippen molar-refractivity contribution in [3.63, 3.8) is 0 Å². The minimum Gasteiger partial charge on any atom is -0.345 e. The summed E-state index contributed by atoms with van der Waals surface area (Å²) in [5.41, 5.74) is 7.07. The molecule has 1 amide bonds. The Balaban J connectivity index is 2.37. The molecule has 96 valence electrons. The largest absolute Gasteiger partial charge is 0.345 e. The van der Waals surface area contributed by atoms with E-state index in [2.05, 4.69) is 0 Å². The lowest BCUT2D eigenvalue weighted by Crippen LogP contribution is -2.28. The minimum absolute atomic E-state index is 0.0385. The zero-order valence-corrected chi connectivity index (χ0v) is 10.7. The number of benzene rings is 1. The van der Waals surface area contributed by atoms with E-state index in [1.54, 1.807) is 11.9 Å². The van der Waals surface area contributed by atoms with Crippen molar-refractivity contribution in [2.75, 3.05) is 13.6 Å². The molecule has 4 nitrogen and oxygen atoms in total. The summed E-state index contributed by atoms with van der Waals surface area (Å²) < 4.78 is 0. The average Bonchev–Trinajstić information content (AvgIpc) is 2.42. The van der Waals surface area contributed by atoms with Crippen LogP contribution in [-0.4, -0.2) is 24.4 Å². The van der Waals surface area contributed by atoms with Crippen LogP contribution in [0.15, 0.2) is 30.3 Å². The molecule has 1 aromatic rings. The van der Waals surface area contributed by atoms with E-state index < -0.39 is 0 Å². The first kappa shape index (κ1) is 14.2. The minimum atomic E-state index is -0.112. The molecule has 0 aliphatic carbocycles. The van der Waals surface area contributed by atoms with Crippen LogP contribution in [-0.2, 0) is 4.79 Å². The summed E-state index contributed by atoms with van der Waals surface area (Å²) in [7, 11) is 1.72. The molecular weight excluding hydrogens is 226 g/mol. The van der Waals surface area contributed by atoms with Crippen molar-refractivity contribution in [3.8, 4) is 6.07 Å². The Bertz CT molecular complexity index is 411. The Labute approximate surface area is 108 Å². The number of rotatable bonds is 6. The number of carbonyl (C=O) groups excluding carboxylic acids is 1. The highest BCUT2D eigenvalue weighted by Gasteiger charge is 2.11. The molecule has 1 aromatic carbocycles. The predicted molar refractivity (Wildman–Crippen MR) is 70.5 cm³/mol. The van der Waals surface area contributed by atoms with Gasteiger partial charge in [-0.25, -0.2) is 0 Å². The number of amides is 1. The van der Waals surface area contributed by atoms with Crippen LogP contribution in [0, 0.1) is 11.3 Å². The smallest absolute Gasteiger partial charge is 0.222 e. The van der Waals surface area contributed by atoms with Gasteiger partial charge in [0, 0.05) is 26.1 Å². The molecule has 0 aliphatic heterocycles. The highest BCUT2D eigenvalue weighted by atomic mass is 16.2. The first-order valence-corrected chi connectivity index (χ1v) is 6.06. The Hall–Kier alpha value is -1.86. The van der Waals surface area contributed by atoms with E-state index in [0.29, 0.717) is 25.8 Å². The van der Waals surface area contributed by atoms with E-state index in [9.17, 15) is 4.79 Å². The van der Waals surface area contributed by atoms with Gasteiger partial charge in [0.05, 0.1) is 12.5 Å². The Morgan fingerprint density at radius 3 is 2.72 bits per heavy atom. The molecule has 2 N–H and O–H groups in total. The van der Waals surface area contributed by atoms with Crippen LogP contribution in [0.1, 0.15) is 30.9 Å². The molecule has 0 aromatic heterocycles. The van der Waals surface area contributed by atoms with Gasteiger partial charge in [-0.3, -0.25) is 4.79 Å². The maximum atomic E-state index is 11.7. The van der Waals surface area contributed by atoms with Crippen LogP contribution >= 0.6 is 0 Å². The second-order valence-corrected chi connectivity index (χ2v) is 4.28. The molecular formula is C14H19N3O. The normalized spacial score (nSPS) is 11.6. The molecule has 0 radical (unpaired) electrons. The topological polar surface area (TPSA) is 70.1 Å². The van der Waals surface area contributed by atoms with Crippen molar-refractivity contribution in [3.05, 3.63) is 35.9 Å². The van der Waals surface area contributed by atoms with Crippen LogP contribution in [0.25, 0.3) is 0 Å². The lowest BCUT2D eigenvalue weighted by molar-refractivity contribution is -0.130. The van der Waals surface area contributed by atoms with Crippen molar-refractivity contribution in [2.24, 2.45) is 5.73 Å². The molecule has 1 atom stereocenters. The summed E-state index contributed by atoms with van der Waals surface area (Å²) in [6.45, 7) is 0.482. The van der Waals surface area contributed by atoms with Gasteiger partial charge in [-0.2, -0.15) is 5.26 Å². The second kappa shape index (κ2) is 7.46. The third-order valence-corrected chi connectivity index (χ3v) is 2.88. The lowest BCUT2D eigenvalue weighted by atomic mass is 10.0. The van der Waals surface area contributed by atoms with E-state index in [4.69, 9.17) is 11.0 Å². The van der Waals surface area contributed by atoms with E-state index in [0.717, 1.165) is 5.56 Å². The molecule has 0 spiro atoms. The van der Waals surface area contributed by atoms with Gasteiger partial charge in [-0.05, 0) is 12.0 Å². The van der Waals surface area contributed by atoms with E-state index >= 15 is 0 Å². The number of nitriles is 1. The maximum Gasteiger partial charge on any atom is 0.222 e. The van der Waals surface area contributed by atoms with Gasteiger partial charge in [0.25, 0.3) is 0 Å². The summed E-state index contributed by atoms with van der Waals surface area (Å²) in [5.74, 6) is 0.0385. The highest BCUT2D eigenvalue weighted by molar-refractivity contribution is 5.75. The van der Waals surface area contributed by atoms with Crippen molar-refractivity contribution in [2.45, 2.75) is 25.3 Å². The standard InChI is InChI=1S/C14H19N3O/c1-17(11-5-10-15)14(18)9-8-13(16)12-6-3-2-4-7-12/h2-4,6-7,13H,5,8-9,11,16H2,1H3. The van der Waals surface area contributed by atoms with Gasteiger partial charge in [-0.1, -0.05) is 30.3 Å². The Morgan fingerprint density at radius 2 is 2.11 bits per heavy atom. The first-order valence-electron chi connectivity index (χ1n) is 6.06. The van der Waals surface area contributed by atoms with Gasteiger partial charge < -0.3 is 10.6 Å². The number of hydrogen-bond donors (Lipinski definition) is 1. The third kappa shape index (κ3) is 4.56. The zero-order chi connectivity index (χ0) is 13.4. The van der Waals surface area contributed by atoms with Crippen LogP contribution in [0.5, 0.6) is 0 Å². The number of nitrogens with two attached hydrogens (primary N) is 1. The van der Waals surface area contributed by atoms with E-state index in [1.807, 2.05) is 36.4 Å². The van der Waals surface area contributed by atoms with Gasteiger partial charge in [0.1, 0.15) is 0 Å². The van der Waals surface area contributed by atoms with E-state index in [-0.39, 0.29) is 11.9 Å². The number of carbonyl (C=O) groups is 1. The SMILES string of the molecule is CN(CCC#N)C(=O)CCC(N)c1ccccc1. The predicted octanol–water partition coefficient (Wildman–Crippen LogP) is 1.84. The molecule has 0 saturated carbocycles. The molecule has 4 heteroatoms. The van der Waals surface area contributed by atoms with Crippen molar-refractivity contribution >= 4 is 5.91 Å². The van der Waals surface area contributed by atoms with Crippen molar-refractivity contribution < 1.29 is 4.79 Å². The van der Waals surface area contributed by atoms with Gasteiger partial charge in [0.2, 0.25) is 5.91 Å². The molecule has 0 saturated heterocycles. The fourth-order valence-corrected chi connectivity index (χ4v) is 1.68. The van der Waals surface area contributed by atoms with Gasteiger partial charge in [-0.15, -0.1) is 0 Å². The first-order chi connectivity index (χ1) is 8.65.